The molecule has 0 spiro atoms. The first-order chi connectivity index (χ1) is 28.3. The second kappa shape index (κ2) is 17.7. The number of benzene rings is 3. The Kier molecular flexibility index (Phi) is 12.1. The van der Waals surface area contributed by atoms with Gasteiger partial charge in [0.05, 0.1) is 28.9 Å². The van der Waals surface area contributed by atoms with Crippen LogP contribution in [0.3, 0.4) is 0 Å². The molecule has 4 fully saturated rings. The molecule has 304 valence electrons. The van der Waals surface area contributed by atoms with E-state index in [1.807, 2.05) is 24.3 Å². The molecule has 0 unspecified atom stereocenters. The number of phenolic OH excluding ortho intramolecular Hbond substituents is 1. The summed E-state index contributed by atoms with van der Waals surface area (Å²) in [6.45, 7) is 9.52. The van der Waals surface area contributed by atoms with Crippen molar-refractivity contribution in [2.75, 3.05) is 62.2 Å². The zero-order chi connectivity index (χ0) is 40.1. The van der Waals surface area contributed by atoms with E-state index in [-0.39, 0.29) is 35.4 Å². The summed E-state index contributed by atoms with van der Waals surface area (Å²) in [4.78, 5) is 48.4. The van der Waals surface area contributed by atoms with Gasteiger partial charge >= 0.3 is 0 Å². The Hall–Kier alpha value is -5.29. The number of imide groups is 1. The van der Waals surface area contributed by atoms with Gasteiger partial charge in [0.1, 0.15) is 5.75 Å². The van der Waals surface area contributed by atoms with Gasteiger partial charge in [-0.3, -0.25) is 19.7 Å². The quantitative estimate of drug-likeness (QED) is 0.164. The van der Waals surface area contributed by atoms with Gasteiger partial charge in [-0.15, -0.1) is 0 Å². The van der Waals surface area contributed by atoms with Crippen LogP contribution in [0.1, 0.15) is 81.8 Å². The fourth-order valence-corrected chi connectivity index (χ4v) is 9.95. The largest absolute Gasteiger partial charge is 0.507 e. The van der Waals surface area contributed by atoms with Gasteiger partial charge in [-0.05, 0) is 112 Å². The molecular formula is C47H57N7O4. The molecule has 0 aliphatic carbocycles. The summed E-state index contributed by atoms with van der Waals surface area (Å²) in [5.74, 6) is 0.549. The number of amides is 3. The molecule has 58 heavy (non-hydrogen) atoms. The van der Waals surface area contributed by atoms with Crippen LogP contribution in [0.15, 0.2) is 91.1 Å². The Balaban J connectivity index is 0.833. The van der Waals surface area contributed by atoms with E-state index >= 15 is 0 Å². The third-order valence-electron chi connectivity index (χ3n) is 13.5. The topological polar surface area (TPSA) is 122 Å². The lowest BCUT2D eigenvalue weighted by molar-refractivity contribution is -0.141. The lowest BCUT2D eigenvalue weighted by Crippen LogP contribution is -2.57. The first-order valence-corrected chi connectivity index (χ1v) is 21.4. The van der Waals surface area contributed by atoms with Gasteiger partial charge in [0.25, 0.3) is 0 Å². The Morgan fingerprint density at radius 1 is 0.828 bits per heavy atom. The molecule has 2 N–H and O–H groups in total. The van der Waals surface area contributed by atoms with Crippen LogP contribution < -0.4 is 15.1 Å². The van der Waals surface area contributed by atoms with Gasteiger partial charge in [0, 0.05) is 69.5 Å². The van der Waals surface area contributed by atoms with Crippen molar-refractivity contribution >= 4 is 29.1 Å². The van der Waals surface area contributed by atoms with Crippen molar-refractivity contribution in [1.82, 2.24) is 25.3 Å². The molecule has 1 atom stereocenters. The van der Waals surface area contributed by atoms with Crippen LogP contribution in [0, 0.1) is 5.92 Å². The zero-order valence-corrected chi connectivity index (χ0v) is 33.8. The highest BCUT2D eigenvalue weighted by molar-refractivity contribution is 6.01. The van der Waals surface area contributed by atoms with E-state index in [9.17, 15) is 19.5 Å². The van der Waals surface area contributed by atoms with Crippen LogP contribution in [0.5, 0.6) is 5.75 Å². The van der Waals surface area contributed by atoms with Crippen molar-refractivity contribution in [2.24, 2.45) is 5.92 Å². The molecule has 4 aromatic rings. The van der Waals surface area contributed by atoms with E-state index in [4.69, 9.17) is 0 Å². The fraction of sp³-hybridized carbons (Fsp3) is 0.468. The summed E-state index contributed by atoms with van der Waals surface area (Å²) in [5.41, 5.74) is 4.94. The number of carbonyl (C=O) groups excluding carboxylic acids is 3. The van der Waals surface area contributed by atoms with Crippen LogP contribution in [-0.4, -0.2) is 101 Å². The zero-order valence-electron chi connectivity index (χ0n) is 33.8. The number of anilines is 2. The number of aromatic hydroxyl groups is 1. The molecular weight excluding hydrogens is 727 g/mol. The first kappa shape index (κ1) is 39.5. The maximum absolute atomic E-state index is 14.9. The SMILES string of the molecule is CCN(C(=O)C1(c2ccccc2)CCN(c2cnnc(-c3ccccc3O)c2)CC1)C1CCN(CCC2CCN(c3ccc([C@H]4CCC(=O)NC4=O)cc3)CC2)CC1. The molecule has 4 saturated heterocycles. The lowest BCUT2D eigenvalue weighted by atomic mass is 9.71. The van der Waals surface area contributed by atoms with Crippen molar-refractivity contribution in [3.8, 4) is 17.0 Å². The number of hydrogen-bond acceptors (Lipinski definition) is 9. The Morgan fingerprint density at radius 3 is 2.21 bits per heavy atom. The molecule has 3 aromatic carbocycles. The van der Waals surface area contributed by atoms with Crippen LogP contribution in [-0.2, 0) is 19.8 Å². The highest BCUT2D eigenvalue weighted by atomic mass is 16.3. The number of rotatable bonds is 11. The van der Waals surface area contributed by atoms with Crippen molar-refractivity contribution < 1.29 is 19.5 Å². The molecule has 0 saturated carbocycles. The van der Waals surface area contributed by atoms with Gasteiger partial charge in [-0.2, -0.15) is 10.2 Å². The molecule has 3 amide bonds. The van der Waals surface area contributed by atoms with E-state index in [2.05, 4.69) is 90.6 Å². The minimum absolute atomic E-state index is 0.177. The summed E-state index contributed by atoms with van der Waals surface area (Å²) >= 11 is 0. The van der Waals surface area contributed by atoms with Gasteiger partial charge in [0.2, 0.25) is 17.7 Å². The number of nitrogens with one attached hydrogen (secondary N) is 1. The molecule has 11 nitrogen and oxygen atoms in total. The number of likely N-dealkylation sites (N-methyl/N-ethyl adjacent to an activating group) is 1. The van der Waals surface area contributed by atoms with Gasteiger partial charge in [-0.25, -0.2) is 0 Å². The summed E-state index contributed by atoms with van der Waals surface area (Å²) in [7, 11) is 0. The Labute approximate surface area is 342 Å². The van der Waals surface area contributed by atoms with Crippen molar-refractivity contribution in [3.63, 3.8) is 0 Å². The number of aromatic nitrogens is 2. The second-order valence-electron chi connectivity index (χ2n) is 16.7. The molecule has 0 bridgehead atoms. The van der Waals surface area contributed by atoms with Crippen LogP contribution in [0.2, 0.25) is 0 Å². The third kappa shape index (κ3) is 8.46. The lowest BCUT2D eigenvalue weighted by Gasteiger charge is -2.47. The van der Waals surface area contributed by atoms with E-state index in [0.29, 0.717) is 49.4 Å². The Morgan fingerprint density at radius 2 is 1.52 bits per heavy atom. The molecule has 0 radical (unpaired) electrons. The Bertz CT molecular complexity index is 2040. The van der Waals surface area contributed by atoms with E-state index in [0.717, 1.165) is 75.5 Å². The average molecular weight is 784 g/mol. The molecule has 4 aliphatic heterocycles. The van der Waals surface area contributed by atoms with Crippen LogP contribution in [0.25, 0.3) is 11.3 Å². The number of hydrogen-bond donors (Lipinski definition) is 2. The number of para-hydroxylation sites is 1. The highest BCUT2D eigenvalue weighted by Gasteiger charge is 2.46. The number of nitrogens with zero attached hydrogens (tertiary/aromatic N) is 6. The summed E-state index contributed by atoms with van der Waals surface area (Å²) in [5, 5.41) is 21.5. The van der Waals surface area contributed by atoms with Crippen molar-refractivity contribution in [3.05, 3.63) is 102 Å². The van der Waals surface area contributed by atoms with Crippen LogP contribution >= 0.6 is 0 Å². The minimum atomic E-state index is -0.587. The predicted octanol–water partition coefficient (Wildman–Crippen LogP) is 6.53. The van der Waals surface area contributed by atoms with E-state index < -0.39 is 5.41 Å². The van der Waals surface area contributed by atoms with Crippen LogP contribution in [0.4, 0.5) is 11.4 Å². The molecule has 8 rings (SSSR count). The number of likely N-dealkylation sites (tertiary alicyclic amines) is 1. The second-order valence-corrected chi connectivity index (χ2v) is 16.7. The summed E-state index contributed by atoms with van der Waals surface area (Å²) < 4.78 is 0. The maximum atomic E-state index is 14.9. The maximum Gasteiger partial charge on any atom is 0.234 e. The number of carbonyl (C=O) groups is 3. The van der Waals surface area contributed by atoms with Gasteiger partial charge < -0.3 is 24.7 Å². The van der Waals surface area contributed by atoms with Gasteiger partial charge in [-0.1, -0.05) is 54.6 Å². The smallest absolute Gasteiger partial charge is 0.234 e. The predicted molar refractivity (Wildman–Crippen MR) is 227 cm³/mol. The van der Waals surface area contributed by atoms with Crippen molar-refractivity contribution in [2.45, 2.75) is 82.1 Å². The monoisotopic (exact) mass is 783 g/mol. The van der Waals surface area contributed by atoms with Gasteiger partial charge in [0.15, 0.2) is 0 Å². The summed E-state index contributed by atoms with van der Waals surface area (Å²) in [6, 6.07) is 28.2. The highest BCUT2D eigenvalue weighted by Crippen LogP contribution is 2.40. The first-order valence-electron chi connectivity index (χ1n) is 21.4. The molecule has 4 aliphatic rings. The number of piperidine rings is 4. The van der Waals surface area contributed by atoms with Crippen molar-refractivity contribution in [1.29, 1.82) is 0 Å². The third-order valence-corrected chi connectivity index (χ3v) is 13.5. The molecule has 5 heterocycles. The minimum Gasteiger partial charge on any atom is -0.507 e. The average Bonchev–Trinajstić information content (AvgIpc) is 3.27. The number of phenols is 1. The normalized spacial score (nSPS) is 20.8. The molecule has 1 aromatic heterocycles. The standard InChI is InChI=1S/C47H57N7O4/c1-2-54(46(58)47(36-8-4-3-5-9-36)23-30-53(31-24-47)39-32-42(50-48-33-39)41-10-6-7-11-43(41)55)38-21-26-51(27-22-38)25-18-34-19-28-52(29-20-34)37-14-12-35(13-15-37)40-16-17-44(56)49-45(40)57/h3-15,32-34,38,40,55H,2,16-31H2,1H3,(H,49,56,57)/t40-/m1/s1. The summed E-state index contributed by atoms with van der Waals surface area (Å²) in [6.07, 6.45) is 9.75. The molecule has 11 heteroatoms. The fourth-order valence-electron chi connectivity index (χ4n) is 9.95. The van der Waals surface area contributed by atoms with E-state index in [1.165, 1.54) is 24.9 Å². The van der Waals surface area contributed by atoms with E-state index in [1.54, 1.807) is 18.3 Å².